The molecule has 0 spiro atoms. The van der Waals surface area contributed by atoms with Crippen molar-refractivity contribution in [2.75, 3.05) is 13.2 Å². The molecule has 1 saturated heterocycles. The van der Waals surface area contributed by atoms with E-state index in [1.165, 1.54) is 6.92 Å². The number of rotatable bonds is 1. The van der Waals surface area contributed by atoms with Crippen molar-refractivity contribution in [3.63, 3.8) is 0 Å². The molecule has 1 aliphatic heterocycles. The molecule has 0 aliphatic carbocycles. The molecule has 3 heteroatoms. The highest BCUT2D eigenvalue weighted by Crippen LogP contribution is 2.02. The van der Waals surface area contributed by atoms with Crippen LogP contribution >= 0.6 is 0 Å². The van der Waals surface area contributed by atoms with Crippen LogP contribution < -0.4 is 5.32 Å². The third kappa shape index (κ3) is 4.79. The molecule has 0 aromatic carbocycles. The first-order valence-corrected chi connectivity index (χ1v) is 4.14. The topological polar surface area (TPSA) is 38.3 Å². The van der Waals surface area contributed by atoms with Crippen LogP contribution in [0.2, 0.25) is 0 Å². The third-order valence-electron chi connectivity index (χ3n) is 1.34. The molecule has 11 heavy (non-hydrogen) atoms. The molecule has 1 fully saturated rings. The number of hydrogen-bond acceptors (Lipinski definition) is 2. The molecule has 1 rings (SSSR count). The van der Waals surface area contributed by atoms with Crippen molar-refractivity contribution in [3.8, 4) is 0 Å². The van der Waals surface area contributed by atoms with Gasteiger partial charge >= 0.3 is 0 Å². The average Bonchev–Trinajstić information content (AvgIpc) is 2.43. The van der Waals surface area contributed by atoms with Crippen LogP contribution in [0.15, 0.2) is 0 Å². The number of nitrogens with one attached hydrogen (secondary N) is 1. The lowest BCUT2D eigenvalue weighted by molar-refractivity contribution is -0.119. The van der Waals surface area contributed by atoms with Gasteiger partial charge in [0, 0.05) is 13.5 Å². The molecule has 0 aromatic heterocycles. The highest BCUT2D eigenvalue weighted by Gasteiger charge is 2.15. The summed E-state index contributed by atoms with van der Waals surface area (Å²) in [4.78, 5) is 10.4. The van der Waals surface area contributed by atoms with E-state index in [-0.39, 0.29) is 11.9 Å². The van der Waals surface area contributed by atoms with Gasteiger partial charge in [0.1, 0.15) is 0 Å². The number of ether oxygens (including phenoxy) is 1. The molecule has 1 unspecified atom stereocenters. The summed E-state index contributed by atoms with van der Waals surface area (Å²) in [6.45, 7) is 6.99. The van der Waals surface area contributed by atoms with Crippen molar-refractivity contribution in [1.29, 1.82) is 0 Å². The van der Waals surface area contributed by atoms with Crippen molar-refractivity contribution in [2.45, 2.75) is 33.2 Å². The maximum Gasteiger partial charge on any atom is 0.217 e. The number of amides is 1. The van der Waals surface area contributed by atoms with Gasteiger partial charge in [-0.1, -0.05) is 13.8 Å². The van der Waals surface area contributed by atoms with E-state index in [0.717, 1.165) is 13.0 Å². The Labute approximate surface area is 68.1 Å². The van der Waals surface area contributed by atoms with Gasteiger partial charge < -0.3 is 10.1 Å². The SMILES string of the molecule is CC.CC(=O)NC1CCOC1. The van der Waals surface area contributed by atoms with Crippen LogP contribution in [-0.2, 0) is 9.53 Å². The number of carbonyl (C=O) groups is 1. The van der Waals surface area contributed by atoms with Gasteiger partial charge in [0.25, 0.3) is 0 Å². The van der Waals surface area contributed by atoms with Gasteiger partial charge in [0.15, 0.2) is 0 Å². The van der Waals surface area contributed by atoms with Crippen LogP contribution in [0, 0.1) is 0 Å². The summed E-state index contributed by atoms with van der Waals surface area (Å²) < 4.78 is 5.04. The van der Waals surface area contributed by atoms with E-state index in [1.54, 1.807) is 0 Å². The minimum absolute atomic E-state index is 0.0329. The molecule has 0 saturated carbocycles. The van der Waals surface area contributed by atoms with Crippen LogP contribution in [-0.4, -0.2) is 25.2 Å². The Balaban J connectivity index is 0.000000461. The van der Waals surface area contributed by atoms with E-state index in [9.17, 15) is 4.79 Å². The molecule has 1 heterocycles. The van der Waals surface area contributed by atoms with Gasteiger partial charge in [0.05, 0.1) is 12.6 Å². The van der Waals surface area contributed by atoms with E-state index in [0.29, 0.717) is 6.61 Å². The summed E-state index contributed by atoms with van der Waals surface area (Å²) in [6, 6.07) is 0.266. The summed E-state index contributed by atoms with van der Waals surface area (Å²) in [5, 5.41) is 2.78. The molecule has 0 radical (unpaired) electrons. The zero-order valence-corrected chi connectivity index (χ0v) is 7.52. The second-order valence-corrected chi connectivity index (χ2v) is 2.26. The number of hydrogen-bond donors (Lipinski definition) is 1. The van der Waals surface area contributed by atoms with Crippen molar-refractivity contribution in [3.05, 3.63) is 0 Å². The fourth-order valence-electron chi connectivity index (χ4n) is 0.936. The quantitative estimate of drug-likeness (QED) is 0.618. The molecule has 1 N–H and O–H groups in total. The molecular formula is C8H17NO2. The Hall–Kier alpha value is -0.570. The Morgan fingerprint density at radius 2 is 2.18 bits per heavy atom. The zero-order chi connectivity index (χ0) is 8.69. The predicted octanol–water partition coefficient (Wildman–Crippen LogP) is 0.938. The maximum absolute atomic E-state index is 10.4. The van der Waals surface area contributed by atoms with Crippen LogP contribution in [0.25, 0.3) is 0 Å². The maximum atomic E-state index is 10.4. The molecule has 66 valence electrons. The lowest BCUT2D eigenvalue weighted by Gasteiger charge is -2.06. The first-order chi connectivity index (χ1) is 5.29. The second kappa shape index (κ2) is 6.16. The first kappa shape index (κ1) is 10.4. The molecular weight excluding hydrogens is 142 g/mol. The summed E-state index contributed by atoms with van der Waals surface area (Å²) in [6.07, 6.45) is 0.958. The molecule has 1 atom stereocenters. The van der Waals surface area contributed by atoms with Crippen LogP contribution in [0.1, 0.15) is 27.2 Å². The Kier molecular flexibility index (Phi) is 5.84. The summed E-state index contributed by atoms with van der Waals surface area (Å²) >= 11 is 0. The highest BCUT2D eigenvalue weighted by molar-refractivity contribution is 5.73. The van der Waals surface area contributed by atoms with Gasteiger partial charge in [0.2, 0.25) is 5.91 Å². The lowest BCUT2D eigenvalue weighted by Crippen LogP contribution is -2.32. The normalized spacial score (nSPS) is 21.9. The van der Waals surface area contributed by atoms with Crippen molar-refractivity contribution in [2.24, 2.45) is 0 Å². The molecule has 1 aliphatic rings. The Morgan fingerprint density at radius 1 is 1.55 bits per heavy atom. The monoisotopic (exact) mass is 159 g/mol. The molecule has 0 aromatic rings. The summed E-state index contributed by atoms with van der Waals surface area (Å²) in [5.41, 5.74) is 0. The highest BCUT2D eigenvalue weighted by atomic mass is 16.5. The van der Waals surface area contributed by atoms with Crippen LogP contribution in [0.3, 0.4) is 0 Å². The van der Waals surface area contributed by atoms with E-state index >= 15 is 0 Å². The van der Waals surface area contributed by atoms with Gasteiger partial charge in [-0.25, -0.2) is 0 Å². The number of carbonyl (C=O) groups excluding carboxylic acids is 1. The largest absolute Gasteiger partial charge is 0.379 e. The smallest absolute Gasteiger partial charge is 0.217 e. The minimum atomic E-state index is 0.0329. The third-order valence-corrected chi connectivity index (χ3v) is 1.34. The van der Waals surface area contributed by atoms with Crippen molar-refractivity contribution in [1.82, 2.24) is 5.32 Å². The van der Waals surface area contributed by atoms with Gasteiger partial charge in [-0.05, 0) is 6.42 Å². The minimum Gasteiger partial charge on any atom is -0.379 e. The van der Waals surface area contributed by atoms with E-state index in [2.05, 4.69) is 5.32 Å². The second-order valence-electron chi connectivity index (χ2n) is 2.26. The standard InChI is InChI=1S/C6H11NO2.C2H6/c1-5(8)7-6-2-3-9-4-6;1-2/h6H,2-4H2,1H3,(H,7,8);1-2H3. The van der Waals surface area contributed by atoms with E-state index in [4.69, 9.17) is 4.74 Å². The van der Waals surface area contributed by atoms with Crippen molar-refractivity contribution >= 4 is 5.91 Å². The van der Waals surface area contributed by atoms with Gasteiger partial charge in [-0.15, -0.1) is 0 Å². The summed E-state index contributed by atoms with van der Waals surface area (Å²) in [7, 11) is 0. The van der Waals surface area contributed by atoms with Gasteiger partial charge in [-0.2, -0.15) is 0 Å². The molecule has 1 amide bonds. The van der Waals surface area contributed by atoms with E-state index < -0.39 is 0 Å². The average molecular weight is 159 g/mol. The lowest BCUT2D eigenvalue weighted by atomic mass is 10.3. The zero-order valence-electron chi connectivity index (χ0n) is 7.52. The Morgan fingerprint density at radius 3 is 2.55 bits per heavy atom. The van der Waals surface area contributed by atoms with Gasteiger partial charge in [-0.3, -0.25) is 4.79 Å². The fourth-order valence-corrected chi connectivity index (χ4v) is 0.936. The molecule has 0 bridgehead atoms. The van der Waals surface area contributed by atoms with Crippen LogP contribution in [0.5, 0.6) is 0 Å². The Bertz CT molecular complexity index is 109. The fraction of sp³-hybridized carbons (Fsp3) is 0.875. The predicted molar refractivity (Wildman–Crippen MR) is 44.4 cm³/mol. The van der Waals surface area contributed by atoms with Crippen molar-refractivity contribution < 1.29 is 9.53 Å². The summed E-state index contributed by atoms with van der Waals surface area (Å²) in [5.74, 6) is 0.0329. The first-order valence-electron chi connectivity index (χ1n) is 4.14. The van der Waals surface area contributed by atoms with E-state index in [1.807, 2.05) is 13.8 Å². The molecule has 3 nitrogen and oxygen atoms in total. The van der Waals surface area contributed by atoms with Crippen LogP contribution in [0.4, 0.5) is 0 Å².